The van der Waals surface area contributed by atoms with E-state index in [-0.39, 0.29) is 5.04 Å². The molecule has 1 aromatic carbocycles. The van der Waals surface area contributed by atoms with Gasteiger partial charge in [-0.1, -0.05) is 59.7 Å². The first-order valence-corrected chi connectivity index (χ1v) is 10.6. The Morgan fingerprint density at radius 2 is 1.64 bits per heavy atom. The molecule has 0 radical (unpaired) electrons. The smallest absolute Gasteiger partial charge is 0.239 e. The van der Waals surface area contributed by atoms with Crippen LogP contribution in [-0.2, 0) is 12.1 Å². The van der Waals surface area contributed by atoms with E-state index in [1.807, 2.05) is 0 Å². The number of benzene rings is 1. The zero-order valence-corrected chi connectivity index (χ0v) is 16.0. The molecule has 0 bridgehead atoms. The first-order chi connectivity index (χ1) is 10.2. The lowest BCUT2D eigenvalue weighted by atomic mass is 9.99. The molecular formula is C19H29N2Si+. The second-order valence-electron chi connectivity index (χ2n) is 7.99. The summed E-state index contributed by atoms with van der Waals surface area (Å²) in [6.07, 6.45) is 4.65. The Hall–Kier alpha value is -1.35. The van der Waals surface area contributed by atoms with Gasteiger partial charge in [-0.25, -0.2) is 9.13 Å². The predicted octanol–water partition coefficient (Wildman–Crippen LogP) is 3.61. The monoisotopic (exact) mass is 313 g/mol. The number of nitrogens with zero attached hydrogens (tertiary/aromatic N) is 2. The quantitative estimate of drug-likeness (QED) is 0.591. The van der Waals surface area contributed by atoms with Crippen LogP contribution < -0.4 is 9.88 Å². The largest absolute Gasteiger partial charge is 0.248 e. The van der Waals surface area contributed by atoms with Crippen LogP contribution in [0.2, 0.25) is 11.1 Å². The van der Waals surface area contributed by atoms with E-state index < -0.39 is 8.07 Å². The van der Waals surface area contributed by atoms with Crippen LogP contribution in [0.4, 0.5) is 0 Å². The molecule has 2 aromatic rings. The summed E-state index contributed by atoms with van der Waals surface area (Å²) in [5, 5.41) is 1.82. The highest BCUT2D eigenvalue weighted by Gasteiger charge is 2.61. The summed E-state index contributed by atoms with van der Waals surface area (Å²) >= 11 is 0. The summed E-state index contributed by atoms with van der Waals surface area (Å²) in [6, 6.07) is 9.00. The Labute approximate surface area is 135 Å². The van der Waals surface area contributed by atoms with Crippen molar-refractivity contribution in [3.05, 3.63) is 42.4 Å². The molecule has 1 aliphatic rings. The van der Waals surface area contributed by atoms with Crippen LogP contribution in [0.15, 0.2) is 36.8 Å². The highest BCUT2D eigenvalue weighted by molar-refractivity contribution is 6.96. The number of fused-ring (bicyclic) bond motifs is 3. The predicted molar refractivity (Wildman–Crippen MR) is 95.6 cm³/mol. The first-order valence-electron chi connectivity index (χ1n) is 8.42. The third kappa shape index (κ3) is 1.69. The van der Waals surface area contributed by atoms with Gasteiger partial charge in [0.25, 0.3) is 0 Å². The molecule has 3 heteroatoms. The van der Waals surface area contributed by atoms with E-state index in [2.05, 4.69) is 94.5 Å². The topological polar surface area (TPSA) is 8.81 Å². The van der Waals surface area contributed by atoms with Gasteiger partial charge in [0, 0.05) is 5.56 Å². The van der Waals surface area contributed by atoms with Gasteiger partial charge in [0.15, 0.2) is 8.07 Å². The van der Waals surface area contributed by atoms with E-state index in [0.29, 0.717) is 11.1 Å². The lowest BCUT2D eigenvalue weighted by Crippen LogP contribution is -2.69. The van der Waals surface area contributed by atoms with Gasteiger partial charge in [-0.2, -0.15) is 0 Å². The molecule has 0 aliphatic carbocycles. The van der Waals surface area contributed by atoms with Crippen LogP contribution in [0.25, 0.3) is 5.69 Å². The number of aryl methyl sites for hydroxylation is 1. The van der Waals surface area contributed by atoms with E-state index in [0.717, 1.165) is 0 Å². The molecule has 0 fully saturated rings. The number of aromatic nitrogens is 2. The van der Waals surface area contributed by atoms with E-state index in [4.69, 9.17) is 0 Å². The lowest BCUT2D eigenvalue weighted by Gasteiger charge is -2.51. The molecule has 2 nitrogen and oxygen atoms in total. The molecule has 0 saturated carbocycles. The van der Waals surface area contributed by atoms with Crippen molar-refractivity contribution in [1.82, 2.24) is 4.57 Å². The molecule has 2 heterocycles. The maximum Gasteiger partial charge on any atom is 0.248 e. The van der Waals surface area contributed by atoms with Crippen molar-refractivity contribution in [2.75, 3.05) is 0 Å². The van der Waals surface area contributed by atoms with Gasteiger partial charge < -0.3 is 0 Å². The Morgan fingerprint density at radius 1 is 1.05 bits per heavy atom. The first kappa shape index (κ1) is 15.5. The maximum absolute atomic E-state index is 2.49. The lowest BCUT2D eigenvalue weighted by molar-refractivity contribution is -0.670. The summed E-state index contributed by atoms with van der Waals surface area (Å²) in [5.74, 6) is 0. The molecule has 22 heavy (non-hydrogen) atoms. The van der Waals surface area contributed by atoms with Crippen LogP contribution in [0, 0.1) is 0 Å². The fraction of sp³-hybridized carbons (Fsp3) is 0.526. The highest BCUT2D eigenvalue weighted by atomic mass is 28.3. The van der Waals surface area contributed by atoms with Crippen LogP contribution in [-0.4, -0.2) is 12.6 Å². The van der Waals surface area contributed by atoms with E-state index >= 15 is 0 Å². The SMILES string of the molecule is CC(C)[Si]1(C(C)C)c2c[n+](C)cn2-c2ccccc2C1(C)C. The van der Waals surface area contributed by atoms with Gasteiger partial charge in [-0.3, -0.25) is 0 Å². The summed E-state index contributed by atoms with van der Waals surface area (Å²) in [4.78, 5) is 0. The third-order valence-corrected chi connectivity index (χ3v) is 13.2. The maximum atomic E-state index is 2.49. The summed E-state index contributed by atoms with van der Waals surface area (Å²) in [5.41, 5.74) is 4.29. The normalized spacial score (nSPS) is 18.4. The molecule has 118 valence electrons. The number of para-hydroxylation sites is 1. The highest BCUT2D eigenvalue weighted by Crippen LogP contribution is 2.50. The van der Waals surface area contributed by atoms with Gasteiger partial charge >= 0.3 is 0 Å². The number of hydrogen-bond acceptors (Lipinski definition) is 0. The average Bonchev–Trinajstić information content (AvgIpc) is 2.80. The molecule has 3 rings (SSSR count). The average molecular weight is 314 g/mol. The van der Waals surface area contributed by atoms with E-state index in [9.17, 15) is 0 Å². The minimum Gasteiger partial charge on any atom is -0.239 e. The summed E-state index contributed by atoms with van der Waals surface area (Å²) < 4.78 is 4.72. The third-order valence-electron chi connectivity index (χ3n) is 6.00. The van der Waals surface area contributed by atoms with Gasteiger partial charge in [0.2, 0.25) is 6.33 Å². The fourth-order valence-corrected chi connectivity index (χ4v) is 13.2. The van der Waals surface area contributed by atoms with Gasteiger partial charge in [0.1, 0.15) is 17.2 Å². The Morgan fingerprint density at radius 3 is 2.23 bits per heavy atom. The van der Waals surface area contributed by atoms with E-state index in [1.165, 1.54) is 11.3 Å². The van der Waals surface area contributed by atoms with Gasteiger partial charge in [0.05, 0.1) is 7.05 Å². The Kier molecular flexibility index (Phi) is 3.40. The number of rotatable bonds is 2. The van der Waals surface area contributed by atoms with Gasteiger partial charge in [-0.05, 0) is 22.2 Å². The molecule has 0 spiro atoms. The molecule has 0 N–H and O–H groups in total. The zero-order chi connectivity index (χ0) is 16.3. The fourth-order valence-electron chi connectivity index (χ4n) is 5.49. The van der Waals surface area contributed by atoms with E-state index in [1.54, 1.807) is 5.32 Å². The van der Waals surface area contributed by atoms with Crippen LogP contribution in [0.1, 0.15) is 47.1 Å². The minimum atomic E-state index is -1.77. The van der Waals surface area contributed by atoms with Crippen molar-refractivity contribution in [1.29, 1.82) is 0 Å². The van der Waals surface area contributed by atoms with Gasteiger partial charge in [-0.15, -0.1) is 0 Å². The Bertz CT molecular complexity index is 702. The van der Waals surface area contributed by atoms with Crippen molar-refractivity contribution in [2.24, 2.45) is 7.05 Å². The Balaban J connectivity index is 2.47. The van der Waals surface area contributed by atoms with Crippen molar-refractivity contribution < 1.29 is 4.57 Å². The van der Waals surface area contributed by atoms with Crippen LogP contribution in [0.5, 0.6) is 0 Å². The van der Waals surface area contributed by atoms with Crippen molar-refractivity contribution in [3.8, 4) is 5.69 Å². The summed E-state index contributed by atoms with van der Waals surface area (Å²) in [7, 11) is 0.380. The summed E-state index contributed by atoms with van der Waals surface area (Å²) in [6.45, 7) is 14.8. The number of hydrogen-bond donors (Lipinski definition) is 0. The second-order valence-corrected chi connectivity index (χ2v) is 13.8. The zero-order valence-electron chi connectivity index (χ0n) is 15.0. The van der Waals surface area contributed by atoms with Crippen molar-refractivity contribution >= 4 is 13.4 Å². The van der Waals surface area contributed by atoms with Crippen LogP contribution in [0.3, 0.4) is 0 Å². The molecular weight excluding hydrogens is 284 g/mol. The molecule has 0 atom stereocenters. The van der Waals surface area contributed by atoms with Crippen molar-refractivity contribution in [3.63, 3.8) is 0 Å². The number of imidazole rings is 1. The standard InChI is InChI=1S/C19H29N2Si/c1-14(2)22(15(3)4)18-12-20(7)13-21(18)17-11-9-8-10-16(17)19(22,5)6/h8-15H,1-7H3/q+1. The second kappa shape index (κ2) is 4.82. The van der Waals surface area contributed by atoms with Crippen LogP contribution >= 0.6 is 0 Å². The molecule has 0 saturated heterocycles. The minimum absolute atomic E-state index is 0.229. The molecule has 1 aromatic heterocycles. The molecule has 0 unspecified atom stereocenters. The molecule has 1 aliphatic heterocycles. The molecule has 0 amide bonds. The van der Waals surface area contributed by atoms with Crippen molar-refractivity contribution in [2.45, 2.75) is 57.7 Å².